The lowest BCUT2D eigenvalue weighted by molar-refractivity contribution is 0.773. The SMILES string of the molecule is CC(C)[Si](C(C)C)(C(C)C)n1ccc2ccc(Nc3ccc4cc[nH]c4n3)cc21. The van der Waals surface area contributed by atoms with Gasteiger partial charge in [-0.05, 0) is 64.6 Å². The third-order valence-corrected chi connectivity index (χ3v) is 13.3. The highest BCUT2D eigenvalue weighted by atomic mass is 28.3. The van der Waals surface area contributed by atoms with Crippen LogP contribution in [0.1, 0.15) is 41.5 Å². The molecule has 0 spiro atoms. The molecule has 29 heavy (non-hydrogen) atoms. The Morgan fingerprint density at radius 2 is 1.55 bits per heavy atom. The molecule has 0 fully saturated rings. The van der Waals surface area contributed by atoms with Crippen LogP contribution in [0.15, 0.2) is 54.9 Å². The van der Waals surface area contributed by atoms with Crippen molar-refractivity contribution in [2.75, 3.05) is 5.32 Å². The van der Waals surface area contributed by atoms with E-state index in [1.807, 2.05) is 18.3 Å². The second-order valence-corrected chi connectivity index (χ2v) is 14.8. The van der Waals surface area contributed by atoms with Crippen LogP contribution >= 0.6 is 0 Å². The van der Waals surface area contributed by atoms with Crippen molar-refractivity contribution in [3.8, 4) is 0 Å². The van der Waals surface area contributed by atoms with E-state index in [0.717, 1.165) is 22.5 Å². The first kappa shape index (κ1) is 19.8. The molecule has 0 saturated heterocycles. The zero-order valence-electron chi connectivity index (χ0n) is 18.3. The number of rotatable bonds is 6. The first-order valence-electron chi connectivity index (χ1n) is 10.7. The number of aromatic nitrogens is 3. The number of nitrogens with one attached hydrogen (secondary N) is 2. The maximum atomic E-state index is 4.69. The summed E-state index contributed by atoms with van der Waals surface area (Å²) in [7, 11) is -1.79. The molecule has 4 nitrogen and oxygen atoms in total. The number of anilines is 2. The molecule has 1 aromatic carbocycles. The van der Waals surface area contributed by atoms with E-state index >= 15 is 0 Å². The van der Waals surface area contributed by atoms with Crippen molar-refractivity contribution in [1.29, 1.82) is 0 Å². The van der Waals surface area contributed by atoms with Crippen molar-refractivity contribution in [2.45, 2.75) is 58.2 Å². The lowest BCUT2D eigenvalue weighted by Crippen LogP contribution is -2.51. The molecule has 0 aliphatic rings. The Balaban J connectivity index is 1.79. The summed E-state index contributed by atoms with van der Waals surface area (Å²) in [6.07, 6.45) is 4.26. The Morgan fingerprint density at radius 3 is 2.24 bits per heavy atom. The zero-order chi connectivity index (χ0) is 20.8. The van der Waals surface area contributed by atoms with E-state index in [2.05, 4.69) is 97.6 Å². The van der Waals surface area contributed by atoms with Crippen molar-refractivity contribution < 1.29 is 0 Å². The van der Waals surface area contributed by atoms with Gasteiger partial charge in [0, 0.05) is 22.8 Å². The molecule has 0 aliphatic heterocycles. The van der Waals surface area contributed by atoms with E-state index in [9.17, 15) is 0 Å². The summed E-state index contributed by atoms with van der Waals surface area (Å²) in [4.78, 5) is 7.88. The standard InChI is InChI=1S/C24H32N4Si/c1-16(2)29(17(3)4,18(5)6)28-14-12-19-7-9-21(15-22(19)28)26-23-10-8-20-11-13-25-24(20)27-23/h7-18H,1-6H3,(H2,25,26,27). The molecule has 0 radical (unpaired) electrons. The molecule has 4 aromatic rings. The maximum absolute atomic E-state index is 4.69. The topological polar surface area (TPSA) is 45.6 Å². The van der Waals surface area contributed by atoms with Gasteiger partial charge in [0.2, 0.25) is 0 Å². The van der Waals surface area contributed by atoms with Gasteiger partial charge in [-0.2, -0.15) is 0 Å². The van der Waals surface area contributed by atoms with Gasteiger partial charge in [-0.15, -0.1) is 0 Å². The highest BCUT2D eigenvalue weighted by Crippen LogP contribution is 2.44. The molecule has 2 N–H and O–H groups in total. The van der Waals surface area contributed by atoms with Gasteiger partial charge in [-0.1, -0.05) is 47.6 Å². The van der Waals surface area contributed by atoms with Crippen molar-refractivity contribution in [3.05, 3.63) is 54.9 Å². The summed E-state index contributed by atoms with van der Waals surface area (Å²) in [5.74, 6) is 0.859. The van der Waals surface area contributed by atoms with Gasteiger partial charge in [0.25, 0.3) is 0 Å². The number of benzene rings is 1. The normalized spacial score (nSPS) is 12.7. The van der Waals surface area contributed by atoms with Crippen LogP contribution in [-0.4, -0.2) is 22.4 Å². The van der Waals surface area contributed by atoms with Crippen LogP contribution < -0.4 is 5.32 Å². The van der Waals surface area contributed by atoms with Crippen LogP contribution in [0.5, 0.6) is 0 Å². The molecule has 0 unspecified atom stereocenters. The minimum atomic E-state index is -1.79. The molecule has 4 rings (SSSR count). The fourth-order valence-corrected chi connectivity index (χ4v) is 12.1. The number of H-pyrrole nitrogens is 1. The Bertz CT molecular complexity index is 1110. The first-order chi connectivity index (χ1) is 13.8. The molecule has 0 bridgehead atoms. The van der Waals surface area contributed by atoms with E-state index in [0.29, 0.717) is 16.6 Å². The van der Waals surface area contributed by atoms with E-state index in [1.54, 1.807) is 0 Å². The van der Waals surface area contributed by atoms with Gasteiger partial charge in [0.05, 0.1) is 0 Å². The second kappa shape index (κ2) is 7.37. The molecule has 152 valence electrons. The number of hydrogen-bond acceptors (Lipinski definition) is 2. The molecule has 5 heteroatoms. The number of fused-ring (bicyclic) bond motifs is 2. The van der Waals surface area contributed by atoms with Gasteiger partial charge in [0.1, 0.15) is 11.5 Å². The number of aromatic amines is 1. The van der Waals surface area contributed by atoms with Crippen LogP contribution in [0, 0.1) is 0 Å². The minimum Gasteiger partial charge on any atom is -0.373 e. The molecule has 0 amide bonds. The van der Waals surface area contributed by atoms with E-state index < -0.39 is 8.24 Å². The summed E-state index contributed by atoms with van der Waals surface area (Å²) in [6, 6.07) is 15.1. The molecule has 0 saturated carbocycles. The molecule has 0 atom stereocenters. The van der Waals surface area contributed by atoms with E-state index in [-0.39, 0.29) is 0 Å². The van der Waals surface area contributed by atoms with Gasteiger partial charge in [-0.3, -0.25) is 0 Å². The van der Waals surface area contributed by atoms with Crippen LogP contribution in [0.4, 0.5) is 11.5 Å². The van der Waals surface area contributed by atoms with E-state index in [1.165, 1.54) is 10.9 Å². The quantitative estimate of drug-likeness (QED) is 0.331. The summed E-state index contributed by atoms with van der Waals surface area (Å²) in [6.45, 7) is 14.5. The van der Waals surface area contributed by atoms with Crippen molar-refractivity contribution in [2.24, 2.45) is 0 Å². The summed E-state index contributed by atoms with van der Waals surface area (Å²) >= 11 is 0. The van der Waals surface area contributed by atoms with Crippen LogP contribution in [-0.2, 0) is 0 Å². The Hall–Kier alpha value is -2.53. The van der Waals surface area contributed by atoms with Crippen molar-refractivity contribution in [1.82, 2.24) is 14.2 Å². The lowest BCUT2D eigenvalue weighted by Gasteiger charge is -2.44. The highest BCUT2D eigenvalue weighted by molar-refractivity contribution is 6.82. The van der Waals surface area contributed by atoms with Gasteiger partial charge in [-0.25, -0.2) is 4.98 Å². The van der Waals surface area contributed by atoms with Crippen molar-refractivity contribution >= 4 is 41.7 Å². The Labute approximate surface area is 174 Å². The molecule has 3 heterocycles. The summed E-state index contributed by atoms with van der Waals surface area (Å²) in [5.41, 5.74) is 5.30. The summed E-state index contributed by atoms with van der Waals surface area (Å²) < 4.78 is 2.66. The number of pyridine rings is 1. The Kier molecular flexibility index (Phi) is 5.03. The van der Waals surface area contributed by atoms with Crippen LogP contribution in [0.25, 0.3) is 21.9 Å². The predicted molar refractivity (Wildman–Crippen MR) is 128 cm³/mol. The van der Waals surface area contributed by atoms with Gasteiger partial charge < -0.3 is 14.5 Å². The maximum Gasteiger partial charge on any atom is 0.169 e. The average Bonchev–Trinajstić information content (AvgIpc) is 3.28. The fraction of sp³-hybridized carbons (Fsp3) is 0.375. The lowest BCUT2D eigenvalue weighted by atomic mass is 10.2. The first-order valence-corrected chi connectivity index (χ1v) is 12.8. The summed E-state index contributed by atoms with van der Waals surface area (Å²) in [5, 5.41) is 5.94. The number of nitrogens with zero attached hydrogens (tertiary/aromatic N) is 2. The van der Waals surface area contributed by atoms with Crippen LogP contribution in [0.2, 0.25) is 16.6 Å². The fourth-order valence-electron chi connectivity index (χ4n) is 5.53. The third kappa shape index (κ3) is 3.17. The van der Waals surface area contributed by atoms with Gasteiger partial charge in [0.15, 0.2) is 8.24 Å². The third-order valence-electron chi connectivity index (χ3n) is 6.57. The molecular formula is C24H32N4Si. The highest BCUT2D eigenvalue weighted by Gasteiger charge is 2.45. The monoisotopic (exact) mass is 404 g/mol. The average molecular weight is 405 g/mol. The predicted octanol–water partition coefficient (Wildman–Crippen LogP) is 7.28. The van der Waals surface area contributed by atoms with Gasteiger partial charge >= 0.3 is 0 Å². The molecular weight excluding hydrogens is 372 g/mol. The Morgan fingerprint density at radius 1 is 0.862 bits per heavy atom. The van der Waals surface area contributed by atoms with Crippen LogP contribution in [0.3, 0.4) is 0 Å². The zero-order valence-corrected chi connectivity index (χ0v) is 19.3. The number of hydrogen-bond donors (Lipinski definition) is 2. The minimum absolute atomic E-state index is 0.659. The molecule has 3 aromatic heterocycles. The van der Waals surface area contributed by atoms with Crippen molar-refractivity contribution in [3.63, 3.8) is 0 Å². The smallest absolute Gasteiger partial charge is 0.169 e. The largest absolute Gasteiger partial charge is 0.373 e. The van der Waals surface area contributed by atoms with E-state index in [4.69, 9.17) is 0 Å². The second-order valence-electron chi connectivity index (χ2n) is 9.05. The molecule has 0 aliphatic carbocycles.